The van der Waals surface area contributed by atoms with E-state index >= 15 is 0 Å². The largest absolute Gasteiger partial charge is 0.396 e. The second-order valence-corrected chi connectivity index (χ2v) is 12.1. The zero-order valence-electron chi connectivity index (χ0n) is 22.1. The number of nitrogens with one attached hydrogen (secondary N) is 1. The smallest absolute Gasteiger partial charge is 0.256 e. The highest BCUT2D eigenvalue weighted by atomic mass is 32.2. The third-order valence-electron chi connectivity index (χ3n) is 6.99. The van der Waals surface area contributed by atoms with Gasteiger partial charge < -0.3 is 15.3 Å². The van der Waals surface area contributed by atoms with Gasteiger partial charge in [0.25, 0.3) is 10.0 Å². The second kappa shape index (κ2) is 11.3. The molecule has 1 atom stereocenters. The van der Waals surface area contributed by atoms with Gasteiger partial charge in [-0.05, 0) is 25.3 Å². The van der Waals surface area contributed by atoms with Crippen LogP contribution in [0.1, 0.15) is 30.4 Å². The molecule has 12 nitrogen and oxygen atoms in total. The highest BCUT2D eigenvalue weighted by Gasteiger charge is 2.37. The standard InChI is InChI=1S/C27H28FN9O3S/c28-7-10-36-16-19(12-31-36)1-2-21-13-30-26(11-24(21)35-9-6-20(15-35)18-38)33-25-5-8-29-27(34-25)22-14-32-37(17-22)41(39,40)23-3-4-23/h5,8,11-14,16-17,20,23,38H,3-4,6-7,9-10,15,18H2,(H,29,30,33,34). The lowest BCUT2D eigenvalue weighted by Crippen LogP contribution is -2.22. The third kappa shape index (κ3) is 5.91. The lowest BCUT2D eigenvalue weighted by Gasteiger charge is -2.21. The Morgan fingerprint density at radius 1 is 1.07 bits per heavy atom. The number of aromatic nitrogens is 7. The van der Waals surface area contributed by atoms with E-state index in [1.165, 1.54) is 17.1 Å². The van der Waals surface area contributed by atoms with Gasteiger partial charge in [-0.3, -0.25) is 4.68 Å². The molecule has 4 aromatic heterocycles. The Kier molecular flexibility index (Phi) is 7.38. The maximum atomic E-state index is 12.6. The summed E-state index contributed by atoms with van der Waals surface area (Å²) in [6, 6.07) is 3.58. The van der Waals surface area contributed by atoms with E-state index in [-0.39, 0.29) is 24.3 Å². The average Bonchev–Trinajstić information content (AvgIpc) is 3.35. The summed E-state index contributed by atoms with van der Waals surface area (Å²) in [6.45, 7) is 1.25. The normalized spacial score (nSPS) is 16.9. The van der Waals surface area contributed by atoms with Gasteiger partial charge in [-0.2, -0.15) is 14.3 Å². The number of pyridine rings is 1. The van der Waals surface area contributed by atoms with E-state index in [1.54, 1.807) is 30.9 Å². The Morgan fingerprint density at radius 2 is 1.95 bits per heavy atom. The van der Waals surface area contributed by atoms with Crippen molar-refractivity contribution in [1.82, 2.24) is 33.9 Å². The number of aliphatic hydroxyl groups excluding tert-OH is 1. The number of anilines is 3. The van der Waals surface area contributed by atoms with Crippen molar-refractivity contribution in [3.63, 3.8) is 0 Å². The number of nitrogens with zero attached hydrogens (tertiary/aromatic N) is 8. The monoisotopic (exact) mass is 577 g/mol. The summed E-state index contributed by atoms with van der Waals surface area (Å²) in [6.07, 6.45) is 11.6. The molecule has 212 valence electrons. The minimum Gasteiger partial charge on any atom is -0.396 e. The molecule has 1 aliphatic carbocycles. The van der Waals surface area contributed by atoms with Crippen molar-refractivity contribution in [3.05, 3.63) is 60.4 Å². The molecule has 5 heterocycles. The van der Waals surface area contributed by atoms with Crippen LogP contribution in [0.15, 0.2) is 49.3 Å². The van der Waals surface area contributed by atoms with Gasteiger partial charge in [0.1, 0.15) is 18.3 Å². The minimum atomic E-state index is -3.49. The van der Waals surface area contributed by atoms with Crippen molar-refractivity contribution in [2.45, 2.75) is 31.1 Å². The fraction of sp³-hybridized carbons (Fsp3) is 0.370. The maximum absolute atomic E-state index is 12.6. The Bertz CT molecular complexity index is 1720. The summed E-state index contributed by atoms with van der Waals surface area (Å²) in [5.41, 5.74) is 2.73. The molecule has 6 rings (SSSR count). The SMILES string of the molecule is O=S(=O)(C1CC1)n1cc(-c2nccc(Nc3cc(N4CCC(CO)C4)c(C#Cc4cnn(CCF)c4)cn3)n2)cn1. The van der Waals surface area contributed by atoms with Crippen LogP contribution in [0.5, 0.6) is 0 Å². The fourth-order valence-corrected chi connectivity index (χ4v) is 6.10. The molecule has 1 unspecified atom stereocenters. The second-order valence-electron chi connectivity index (χ2n) is 10.0. The highest BCUT2D eigenvalue weighted by molar-refractivity contribution is 7.90. The molecule has 0 aromatic carbocycles. The van der Waals surface area contributed by atoms with Gasteiger partial charge in [-0.15, -0.1) is 0 Å². The minimum absolute atomic E-state index is 0.115. The number of alkyl halides is 1. The van der Waals surface area contributed by atoms with E-state index in [2.05, 4.69) is 47.2 Å². The van der Waals surface area contributed by atoms with Gasteiger partial charge in [-0.25, -0.2) is 27.8 Å². The molecule has 2 N–H and O–H groups in total. The van der Waals surface area contributed by atoms with Crippen molar-refractivity contribution in [2.24, 2.45) is 5.92 Å². The summed E-state index contributed by atoms with van der Waals surface area (Å²) in [5, 5.41) is 20.6. The average molecular weight is 578 g/mol. The summed E-state index contributed by atoms with van der Waals surface area (Å²) in [4.78, 5) is 15.5. The first-order chi connectivity index (χ1) is 19.9. The van der Waals surface area contributed by atoms with Crippen LogP contribution in [-0.4, -0.2) is 79.1 Å². The summed E-state index contributed by atoms with van der Waals surface area (Å²) < 4.78 is 40.1. The van der Waals surface area contributed by atoms with Gasteiger partial charge >= 0.3 is 0 Å². The zero-order chi connectivity index (χ0) is 28.4. The number of aryl methyl sites for hydroxylation is 1. The van der Waals surface area contributed by atoms with Crippen LogP contribution in [0.4, 0.5) is 21.7 Å². The molecule has 0 spiro atoms. The molecule has 1 saturated carbocycles. The van der Waals surface area contributed by atoms with Gasteiger partial charge in [0.05, 0.1) is 52.8 Å². The Hall–Kier alpha value is -4.35. The lowest BCUT2D eigenvalue weighted by molar-refractivity contribution is 0.238. The highest BCUT2D eigenvalue weighted by Crippen LogP contribution is 2.31. The van der Waals surface area contributed by atoms with Crippen LogP contribution in [0.2, 0.25) is 0 Å². The number of aliphatic hydroxyl groups is 1. The Labute approximate surface area is 236 Å². The fourth-order valence-electron chi connectivity index (χ4n) is 4.62. The number of rotatable bonds is 9. The topological polar surface area (TPSA) is 144 Å². The first kappa shape index (κ1) is 26.9. The molecular weight excluding hydrogens is 549 g/mol. The zero-order valence-corrected chi connectivity index (χ0v) is 22.9. The molecule has 2 fully saturated rings. The van der Waals surface area contributed by atoms with Crippen molar-refractivity contribution >= 4 is 27.3 Å². The molecule has 14 heteroatoms. The summed E-state index contributed by atoms with van der Waals surface area (Å²) in [5.74, 6) is 7.76. The van der Waals surface area contributed by atoms with E-state index in [9.17, 15) is 17.9 Å². The van der Waals surface area contributed by atoms with Crippen LogP contribution < -0.4 is 10.2 Å². The summed E-state index contributed by atoms with van der Waals surface area (Å²) >= 11 is 0. The van der Waals surface area contributed by atoms with Gasteiger partial charge in [-0.1, -0.05) is 11.8 Å². The quantitative estimate of drug-likeness (QED) is 0.284. The van der Waals surface area contributed by atoms with Crippen LogP contribution in [-0.2, 0) is 16.6 Å². The van der Waals surface area contributed by atoms with E-state index in [1.807, 2.05) is 6.07 Å². The van der Waals surface area contributed by atoms with E-state index in [4.69, 9.17) is 0 Å². The van der Waals surface area contributed by atoms with Crippen LogP contribution >= 0.6 is 0 Å². The Morgan fingerprint density at radius 3 is 2.73 bits per heavy atom. The van der Waals surface area contributed by atoms with Crippen LogP contribution in [0, 0.1) is 17.8 Å². The number of hydrogen-bond acceptors (Lipinski definition) is 10. The lowest BCUT2D eigenvalue weighted by atomic mass is 10.1. The van der Waals surface area contributed by atoms with E-state index in [0.29, 0.717) is 53.5 Å². The molecular formula is C27H28FN9O3S. The van der Waals surface area contributed by atoms with Crippen molar-refractivity contribution < 1.29 is 17.9 Å². The molecule has 2 aliphatic rings. The Balaban J connectivity index is 1.25. The van der Waals surface area contributed by atoms with Crippen molar-refractivity contribution in [2.75, 3.05) is 36.6 Å². The molecule has 1 aliphatic heterocycles. The molecule has 4 aromatic rings. The third-order valence-corrected chi connectivity index (χ3v) is 9.03. The van der Waals surface area contributed by atoms with Crippen LogP contribution in [0.3, 0.4) is 0 Å². The predicted octanol–water partition coefficient (Wildman–Crippen LogP) is 2.20. The molecule has 41 heavy (non-hydrogen) atoms. The predicted molar refractivity (Wildman–Crippen MR) is 150 cm³/mol. The first-order valence-corrected chi connectivity index (χ1v) is 14.8. The molecule has 1 saturated heterocycles. The van der Waals surface area contributed by atoms with E-state index < -0.39 is 16.7 Å². The van der Waals surface area contributed by atoms with Crippen molar-refractivity contribution in [1.29, 1.82) is 0 Å². The maximum Gasteiger partial charge on any atom is 0.256 e. The van der Waals surface area contributed by atoms with Gasteiger partial charge in [0.15, 0.2) is 5.82 Å². The molecule has 0 bridgehead atoms. The van der Waals surface area contributed by atoms with Gasteiger partial charge in [0.2, 0.25) is 0 Å². The number of hydrogen-bond donors (Lipinski definition) is 2. The van der Waals surface area contributed by atoms with Gasteiger partial charge in [0, 0.05) is 50.3 Å². The molecule has 0 amide bonds. The van der Waals surface area contributed by atoms with Crippen LogP contribution in [0.25, 0.3) is 11.4 Å². The summed E-state index contributed by atoms with van der Waals surface area (Å²) in [7, 11) is -3.49. The number of halogens is 1. The van der Waals surface area contributed by atoms with Crippen molar-refractivity contribution in [3.8, 4) is 23.2 Å². The van der Waals surface area contributed by atoms with E-state index in [0.717, 1.165) is 22.7 Å². The first-order valence-electron chi connectivity index (χ1n) is 13.3. The molecule has 0 radical (unpaired) electrons.